The smallest absolute Gasteiger partial charge is 0.143 e. The molecule has 0 atom stereocenters. The highest BCUT2D eigenvalue weighted by atomic mass is 16.3. The first-order chi connectivity index (χ1) is 21.4. The van der Waals surface area contributed by atoms with Crippen molar-refractivity contribution in [3.05, 3.63) is 158 Å². The number of fused-ring (bicyclic) bond motifs is 7. The number of rotatable bonds is 3. The van der Waals surface area contributed by atoms with Crippen LogP contribution in [0.2, 0.25) is 0 Å². The minimum Gasteiger partial charge on any atom is -0.455 e. The summed E-state index contributed by atoms with van der Waals surface area (Å²) in [5.74, 6) is 0. The normalized spacial score (nSPS) is 11.7. The Morgan fingerprint density at radius 3 is 1.42 bits per heavy atom. The highest BCUT2D eigenvalue weighted by molar-refractivity contribution is 6.27. The number of hydrogen-bond acceptors (Lipinski definition) is 1. The zero-order valence-corrected chi connectivity index (χ0v) is 23.4. The van der Waals surface area contributed by atoms with Crippen LogP contribution in [0, 0.1) is 0 Å². The molecule has 1 aromatic heterocycles. The summed E-state index contributed by atoms with van der Waals surface area (Å²) in [4.78, 5) is 0. The standard InChI is InChI=1S/C42H26O/c1-2-14-27(15-3-1)28-16-4-6-19-31(28)40-32-20-7-9-22-34(32)41(35-23-10-8-21-33(35)40)37-26-38-30-18-12-13-25-39(30)43-42(38)36-24-11-5-17-29(36)37/h1-26H. The van der Waals surface area contributed by atoms with Crippen molar-refractivity contribution in [2.75, 3.05) is 0 Å². The molecule has 0 saturated carbocycles. The maximum atomic E-state index is 6.46. The summed E-state index contributed by atoms with van der Waals surface area (Å²) in [6, 6.07) is 56.8. The molecular weight excluding hydrogens is 520 g/mol. The summed E-state index contributed by atoms with van der Waals surface area (Å²) in [5, 5.41) is 9.62. The van der Waals surface area contributed by atoms with Gasteiger partial charge in [0.05, 0.1) is 0 Å². The maximum Gasteiger partial charge on any atom is 0.143 e. The van der Waals surface area contributed by atoms with Crippen LogP contribution in [0.1, 0.15) is 0 Å². The summed E-state index contributed by atoms with van der Waals surface area (Å²) >= 11 is 0. The quantitative estimate of drug-likeness (QED) is 0.201. The zero-order chi connectivity index (χ0) is 28.3. The maximum absolute atomic E-state index is 6.46. The lowest BCUT2D eigenvalue weighted by Gasteiger charge is -2.20. The molecule has 0 aliphatic rings. The topological polar surface area (TPSA) is 13.1 Å². The summed E-state index contributed by atoms with van der Waals surface area (Å²) in [6.45, 7) is 0. The second-order valence-electron chi connectivity index (χ2n) is 11.2. The molecule has 0 N–H and O–H groups in total. The Hall–Kier alpha value is -5.66. The van der Waals surface area contributed by atoms with Crippen LogP contribution in [0.4, 0.5) is 0 Å². The molecule has 0 aliphatic carbocycles. The molecule has 0 spiro atoms. The van der Waals surface area contributed by atoms with Crippen molar-refractivity contribution >= 4 is 54.3 Å². The van der Waals surface area contributed by atoms with E-state index in [0.29, 0.717) is 0 Å². The van der Waals surface area contributed by atoms with Gasteiger partial charge >= 0.3 is 0 Å². The lowest BCUT2D eigenvalue weighted by molar-refractivity contribution is 0.672. The number of benzene rings is 8. The Morgan fingerprint density at radius 2 is 0.767 bits per heavy atom. The Morgan fingerprint density at radius 1 is 0.302 bits per heavy atom. The van der Waals surface area contributed by atoms with E-state index in [4.69, 9.17) is 4.42 Å². The third kappa shape index (κ3) is 3.58. The van der Waals surface area contributed by atoms with Crippen molar-refractivity contribution in [1.29, 1.82) is 0 Å². The van der Waals surface area contributed by atoms with Crippen LogP contribution in [-0.4, -0.2) is 0 Å². The van der Waals surface area contributed by atoms with Crippen LogP contribution in [0.3, 0.4) is 0 Å². The van der Waals surface area contributed by atoms with E-state index in [1.165, 1.54) is 60.3 Å². The van der Waals surface area contributed by atoms with Gasteiger partial charge in [-0.3, -0.25) is 0 Å². The molecule has 0 amide bonds. The van der Waals surface area contributed by atoms with Crippen molar-refractivity contribution in [3.63, 3.8) is 0 Å². The van der Waals surface area contributed by atoms with E-state index < -0.39 is 0 Å². The number of para-hydroxylation sites is 1. The lowest BCUT2D eigenvalue weighted by atomic mass is 9.82. The highest BCUT2D eigenvalue weighted by Crippen LogP contribution is 2.48. The average Bonchev–Trinajstić information content (AvgIpc) is 3.46. The van der Waals surface area contributed by atoms with Gasteiger partial charge in [0.2, 0.25) is 0 Å². The Labute approximate surface area is 249 Å². The molecule has 0 unspecified atom stereocenters. The van der Waals surface area contributed by atoms with Gasteiger partial charge in [-0.1, -0.05) is 146 Å². The van der Waals surface area contributed by atoms with Gasteiger partial charge in [-0.25, -0.2) is 0 Å². The van der Waals surface area contributed by atoms with Crippen molar-refractivity contribution in [1.82, 2.24) is 0 Å². The number of hydrogen-bond donors (Lipinski definition) is 0. The third-order valence-electron chi connectivity index (χ3n) is 8.87. The third-order valence-corrected chi connectivity index (χ3v) is 8.87. The van der Waals surface area contributed by atoms with Gasteiger partial charge in [-0.05, 0) is 72.4 Å². The van der Waals surface area contributed by atoms with Gasteiger partial charge in [0.1, 0.15) is 11.2 Å². The second-order valence-corrected chi connectivity index (χ2v) is 11.2. The van der Waals surface area contributed by atoms with E-state index in [-0.39, 0.29) is 0 Å². The molecule has 0 radical (unpaired) electrons. The summed E-state index contributed by atoms with van der Waals surface area (Å²) in [7, 11) is 0. The van der Waals surface area contributed by atoms with Crippen LogP contribution in [0.25, 0.3) is 87.6 Å². The van der Waals surface area contributed by atoms with E-state index in [1.807, 2.05) is 6.07 Å². The van der Waals surface area contributed by atoms with E-state index in [2.05, 4.69) is 152 Å². The van der Waals surface area contributed by atoms with Crippen LogP contribution < -0.4 is 0 Å². The predicted octanol–water partition coefficient (Wildman–Crippen LogP) is 12.0. The van der Waals surface area contributed by atoms with Gasteiger partial charge in [-0.15, -0.1) is 0 Å². The van der Waals surface area contributed by atoms with Crippen LogP contribution in [0.15, 0.2) is 162 Å². The van der Waals surface area contributed by atoms with Gasteiger partial charge < -0.3 is 4.42 Å². The van der Waals surface area contributed by atoms with Gasteiger partial charge in [-0.2, -0.15) is 0 Å². The molecule has 9 aromatic rings. The molecule has 1 heteroatoms. The van der Waals surface area contributed by atoms with Crippen molar-refractivity contribution in [3.8, 4) is 33.4 Å². The van der Waals surface area contributed by atoms with Crippen molar-refractivity contribution in [2.45, 2.75) is 0 Å². The number of furan rings is 1. The molecule has 0 aliphatic heterocycles. The van der Waals surface area contributed by atoms with Gasteiger partial charge in [0, 0.05) is 16.2 Å². The first-order valence-corrected chi connectivity index (χ1v) is 14.8. The van der Waals surface area contributed by atoms with E-state index >= 15 is 0 Å². The van der Waals surface area contributed by atoms with Crippen LogP contribution in [-0.2, 0) is 0 Å². The molecular formula is C42H26O. The van der Waals surface area contributed by atoms with E-state index in [9.17, 15) is 0 Å². The Bertz CT molecular complexity index is 2440. The first-order valence-electron chi connectivity index (χ1n) is 14.8. The molecule has 0 saturated heterocycles. The SMILES string of the molecule is c1ccc(-c2ccccc2-c2c3ccccc3c(-c3cc4c5ccccc5oc4c4ccccc34)c3ccccc23)cc1. The fourth-order valence-corrected chi connectivity index (χ4v) is 7.03. The van der Waals surface area contributed by atoms with Gasteiger partial charge in [0.25, 0.3) is 0 Å². The molecule has 43 heavy (non-hydrogen) atoms. The van der Waals surface area contributed by atoms with E-state index in [0.717, 1.165) is 27.3 Å². The zero-order valence-electron chi connectivity index (χ0n) is 23.4. The molecule has 9 rings (SSSR count). The fraction of sp³-hybridized carbons (Fsp3) is 0. The monoisotopic (exact) mass is 546 g/mol. The van der Waals surface area contributed by atoms with Crippen molar-refractivity contribution in [2.24, 2.45) is 0 Å². The largest absolute Gasteiger partial charge is 0.455 e. The van der Waals surface area contributed by atoms with Crippen molar-refractivity contribution < 1.29 is 4.42 Å². The minimum absolute atomic E-state index is 0.919. The van der Waals surface area contributed by atoms with E-state index in [1.54, 1.807) is 0 Å². The first kappa shape index (κ1) is 24.0. The fourth-order valence-electron chi connectivity index (χ4n) is 7.03. The minimum atomic E-state index is 0.919. The molecule has 1 nitrogen and oxygen atoms in total. The molecule has 8 aromatic carbocycles. The lowest BCUT2D eigenvalue weighted by Crippen LogP contribution is -1.93. The average molecular weight is 547 g/mol. The summed E-state index contributed by atoms with van der Waals surface area (Å²) in [5.41, 5.74) is 9.33. The molecule has 200 valence electrons. The highest BCUT2D eigenvalue weighted by Gasteiger charge is 2.21. The predicted molar refractivity (Wildman–Crippen MR) is 183 cm³/mol. The Kier molecular flexibility index (Phi) is 5.27. The van der Waals surface area contributed by atoms with Crippen LogP contribution in [0.5, 0.6) is 0 Å². The molecule has 0 fully saturated rings. The summed E-state index contributed by atoms with van der Waals surface area (Å²) in [6.07, 6.45) is 0. The Balaban J connectivity index is 1.46. The molecule has 1 heterocycles. The molecule has 0 bridgehead atoms. The van der Waals surface area contributed by atoms with Crippen LogP contribution >= 0.6 is 0 Å². The summed E-state index contributed by atoms with van der Waals surface area (Å²) < 4.78 is 6.46. The second kappa shape index (κ2) is 9.44. The van der Waals surface area contributed by atoms with Gasteiger partial charge in [0.15, 0.2) is 0 Å².